The van der Waals surface area contributed by atoms with Crippen LogP contribution in [0.1, 0.15) is 31.1 Å². The molecule has 0 atom stereocenters. The van der Waals surface area contributed by atoms with Crippen molar-refractivity contribution in [3.63, 3.8) is 0 Å². The molecule has 0 unspecified atom stereocenters. The minimum absolute atomic E-state index is 0.0535. The zero-order valence-electron chi connectivity index (χ0n) is 13.4. The Labute approximate surface area is 168 Å². The van der Waals surface area contributed by atoms with Crippen molar-refractivity contribution in [3.05, 3.63) is 34.9 Å². The van der Waals surface area contributed by atoms with E-state index in [0.717, 1.165) is 0 Å². The van der Waals surface area contributed by atoms with Crippen LogP contribution in [0.15, 0.2) is 18.2 Å². The maximum absolute atomic E-state index is 12.2. The largest absolute Gasteiger partial charge is 0.375 e. The van der Waals surface area contributed by atoms with E-state index < -0.39 is 17.7 Å². The summed E-state index contributed by atoms with van der Waals surface area (Å²) in [5, 5.41) is -0.551. The Morgan fingerprint density at radius 3 is 0.963 bits per heavy atom. The number of nitrogens with one attached hydrogen (secondary N) is 6. The summed E-state index contributed by atoms with van der Waals surface area (Å²) < 4.78 is 0. The molecular formula is C12H15N9O3S3. The molecule has 3 amide bonds. The second-order valence-corrected chi connectivity index (χ2v) is 5.95. The first-order chi connectivity index (χ1) is 12.6. The normalized spacial score (nSPS) is 9.33. The average Bonchev–Trinajstić information content (AvgIpc) is 2.61. The fraction of sp³-hybridized carbons (Fsp3) is 0. The molecule has 0 heterocycles. The van der Waals surface area contributed by atoms with Gasteiger partial charge in [-0.2, -0.15) is 0 Å². The molecule has 0 spiro atoms. The molecule has 27 heavy (non-hydrogen) atoms. The van der Waals surface area contributed by atoms with Gasteiger partial charge in [0.1, 0.15) is 0 Å². The molecular weight excluding hydrogens is 414 g/mol. The van der Waals surface area contributed by atoms with E-state index in [9.17, 15) is 14.4 Å². The van der Waals surface area contributed by atoms with Crippen LogP contribution in [-0.4, -0.2) is 33.1 Å². The summed E-state index contributed by atoms with van der Waals surface area (Å²) in [6, 6.07) is 3.64. The van der Waals surface area contributed by atoms with Gasteiger partial charge in [-0.1, -0.05) is 0 Å². The molecule has 0 radical (unpaired) electrons. The molecule has 0 saturated heterocycles. The van der Waals surface area contributed by atoms with Crippen molar-refractivity contribution in [2.75, 3.05) is 0 Å². The fourth-order valence-electron chi connectivity index (χ4n) is 1.59. The lowest BCUT2D eigenvalue weighted by Gasteiger charge is -2.12. The van der Waals surface area contributed by atoms with Gasteiger partial charge in [-0.25, -0.2) is 0 Å². The summed E-state index contributed by atoms with van der Waals surface area (Å²) >= 11 is 13.7. The standard InChI is InChI=1S/C12H15N9O3S3/c13-10(25)19-16-7(22)4-1-5(8(23)17-20-11(14)26)3-6(2-4)9(24)18-21-12(15)27/h1-3H,(H,16,22)(H,17,23)(H,18,24)(H3,13,19,25)(H3,14,20,26)(H3,15,21,27). The fourth-order valence-corrected chi connectivity index (χ4v) is 1.75. The number of carbonyl (C=O) groups excluding carboxylic acids is 3. The van der Waals surface area contributed by atoms with Crippen LogP contribution in [0.3, 0.4) is 0 Å². The lowest BCUT2D eigenvalue weighted by Crippen LogP contribution is -2.46. The van der Waals surface area contributed by atoms with Crippen LogP contribution >= 0.6 is 36.7 Å². The molecule has 0 aromatic heterocycles. The predicted octanol–water partition coefficient (Wildman–Crippen LogP) is -2.88. The average molecular weight is 430 g/mol. The van der Waals surface area contributed by atoms with Gasteiger partial charge in [-0.3, -0.25) is 46.9 Å². The number of carbonyl (C=O) groups is 3. The highest BCUT2D eigenvalue weighted by molar-refractivity contribution is 7.80. The number of hydrazine groups is 3. The molecule has 0 aliphatic carbocycles. The van der Waals surface area contributed by atoms with Crippen molar-refractivity contribution >= 4 is 69.7 Å². The smallest absolute Gasteiger partial charge is 0.269 e. The molecule has 144 valence electrons. The Kier molecular flexibility index (Phi) is 8.05. The first-order valence-corrected chi connectivity index (χ1v) is 8.05. The number of benzene rings is 1. The van der Waals surface area contributed by atoms with Crippen LogP contribution in [0.5, 0.6) is 0 Å². The van der Waals surface area contributed by atoms with Crippen LogP contribution in [0.2, 0.25) is 0 Å². The topological polar surface area (TPSA) is 201 Å². The number of hydrogen-bond donors (Lipinski definition) is 9. The highest BCUT2D eigenvalue weighted by atomic mass is 32.1. The molecule has 1 aromatic rings. The Morgan fingerprint density at radius 1 is 0.556 bits per heavy atom. The van der Waals surface area contributed by atoms with E-state index in [-0.39, 0.29) is 32.0 Å². The molecule has 0 aliphatic heterocycles. The molecule has 0 saturated carbocycles. The van der Waals surface area contributed by atoms with Crippen LogP contribution in [0, 0.1) is 0 Å². The van der Waals surface area contributed by atoms with E-state index in [1.54, 1.807) is 0 Å². The van der Waals surface area contributed by atoms with Crippen molar-refractivity contribution < 1.29 is 14.4 Å². The highest BCUT2D eigenvalue weighted by Gasteiger charge is 2.17. The lowest BCUT2D eigenvalue weighted by molar-refractivity contribution is 0.0943. The molecule has 0 bridgehead atoms. The van der Waals surface area contributed by atoms with Crippen LogP contribution in [0.4, 0.5) is 0 Å². The predicted molar refractivity (Wildman–Crippen MR) is 109 cm³/mol. The van der Waals surface area contributed by atoms with Crippen LogP contribution < -0.4 is 49.8 Å². The molecule has 12 N–H and O–H groups in total. The Bertz CT molecular complexity index is 698. The molecule has 1 aromatic carbocycles. The first kappa shape index (κ1) is 21.7. The number of nitrogens with two attached hydrogens (primary N) is 3. The Balaban J connectivity index is 3.16. The van der Waals surface area contributed by atoms with Gasteiger partial charge in [0.05, 0.1) is 0 Å². The van der Waals surface area contributed by atoms with E-state index in [1.807, 2.05) is 0 Å². The van der Waals surface area contributed by atoms with Gasteiger partial charge in [0.15, 0.2) is 15.3 Å². The van der Waals surface area contributed by atoms with Crippen molar-refractivity contribution in [3.8, 4) is 0 Å². The maximum atomic E-state index is 12.2. The first-order valence-electron chi connectivity index (χ1n) is 6.82. The highest BCUT2D eigenvalue weighted by Crippen LogP contribution is 2.11. The molecule has 0 fully saturated rings. The lowest BCUT2D eigenvalue weighted by atomic mass is 10.0. The summed E-state index contributed by atoms with van der Waals surface area (Å²) in [6.07, 6.45) is 0. The maximum Gasteiger partial charge on any atom is 0.269 e. The van der Waals surface area contributed by atoms with E-state index in [0.29, 0.717) is 0 Å². The monoisotopic (exact) mass is 429 g/mol. The minimum atomic E-state index is -0.712. The van der Waals surface area contributed by atoms with Gasteiger partial charge in [-0.05, 0) is 54.9 Å². The van der Waals surface area contributed by atoms with Crippen molar-refractivity contribution in [1.82, 2.24) is 32.6 Å². The van der Waals surface area contributed by atoms with Gasteiger partial charge in [0.2, 0.25) is 0 Å². The second-order valence-electron chi connectivity index (χ2n) is 4.63. The quantitative estimate of drug-likeness (QED) is 0.176. The summed E-state index contributed by atoms with van der Waals surface area (Å²) in [5.41, 5.74) is 28.8. The van der Waals surface area contributed by atoms with Gasteiger partial charge in [0.25, 0.3) is 17.7 Å². The summed E-state index contributed by atoms with van der Waals surface area (Å²) in [6.45, 7) is 0. The van der Waals surface area contributed by atoms with Gasteiger partial charge < -0.3 is 17.2 Å². The third-order valence-corrected chi connectivity index (χ3v) is 2.92. The van der Waals surface area contributed by atoms with Gasteiger partial charge >= 0.3 is 0 Å². The van der Waals surface area contributed by atoms with Crippen LogP contribution in [0.25, 0.3) is 0 Å². The third kappa shape index (κ3) is 7.63. The van der Waals surface area contributed by atoms with E-state index >= 15 is 0 Å². The molecule has 1 rings (SSSR count). The Morgan fingerprint density at radius 2 is 0.778 bits per heavy atom. The van der Waals surface area contributed by atoms with E-state index in [4.69, 9.17) is 17.2 Å². The molecule has 12 nitrogen and oxygen atoms in total. The summed E-state index contributed by atoms with van der Waals surface area (Å²) in [7, 11) is 0. The summed E-state index contributed by atoms with van der Waals surface area (Å²) in [4.78, 5) is 36.5. The number of rotatable bonds is 3. The zero-order valence-corrected chi connectivity index (χ0v) is 15.9. The number of hydrogen-bond acceptors (Lipinski definition) is 6. The molecule has 0 aliphatic rings. The SMILES string of the molecule is NC(=S)NNC(=O)c1cc(C(=O)NNC(N)=S)cc(C(=O)NNC(N)=S)c1. The van der Waals surface area contributed by atoms with Crippen LogP contribution in [-0.2, 0) is 0 Å². The van der Waals surface area contributed by atoms with Crippen molar-refractivity contribution in [2.24, 2.45) is 17.2 Å². The third-order valence-electron chi connectivity index (χ3n) is 2.62. The minimum Gasteiger partial charge on any atom is -0.375 e. The molecule has 15 heteroatoms. The van der Waals surface area contributed by atoms with Gasteiger partial charge in [-0.15, -0.1) is 0 Å². The number of thiocarbonyl (C=S) groups is 3. The second kappa shape index (κ2) is 10.00. The number of amides is 3. The van der Waals surface area contributed by atoms with Gasteiger partial charge in [0, 0.05) is 16.7 Å². The van der Waals surface area contributed by atoms with Crippen molar-refractivity contribution in [2.45, 2.75) is 0 Å². The van der Waals surface area contributed by atoms with Crippen molar-refractivity contribution in [1.29, 1.82) is 0 Å². The zero-order chi connectivity index (χ0) is 20.6. The van der Waals surface area contributed by atoms with E-state index in [2.05, 4.69) is 69.2 Å². The summed E-state index contributed by atoms with van der Waals surface area (Å²) in [5.74, 6) is -2.14. The van der Waals surface area contributed by atoms with E-state index in [1.165, 1.54) is 18.2 Å². The Hall–Kier alpha value is -3.30.